The van der Waals surface area contributed by atoms with Gasteiger partial charge in [-0.15, -0.1) is 0 Å². The first-order valence-corrected chi connectivity index (χ1v) is 9.17. The van der Waals surface area contributed by atoms with E-state index in [9.17, 15) is 9.59 Å². The molecule has 0 radical (unpaired) electrons. The number of nitrogens with zero attached hydrogens (tertiary/aromatic N) is 1. The second kappa shape index (κ2) is 8.26. The number of benzene rings is 2. The third-order valence-electron chi connectivity index (χ3n) is 4.11. The summed E-state index contributed by atoms with van der Waals surface area (Å²) in [6.07, 6.45) is -1.10. The Morgan fingerprint density at radius 2 is 1.79 bits per heavy atom. The van der Waals surface area contributed by atoms with E-state index in [0.717, 1.165) is 10.0 Å². The molecule has 0 unspecified atom stereocenters. The van der Waals surface area contributed by atoms with Crippen molar-refractivity contribution in [2.75, 3.05) is 5.32 Å². The van der Waals surface area contributed by atoms with E-state index < -0.39 is 18.2 Å². The lowest BCUT2D eigenvalue weighted by molar-refractivity contribution is 0.0696. The highest BCUT2D eigenvalue weighted by Crippen LogP contribution is 2.31. The lowest BCUT2D eigenvalue weighted by atomic mass is 10.1. The predicted molar refractivity (Wildman–Crippen MR) is 106 cm³/mol. The maximum atomic E-state index is 12.4. The van der Waals surface area contributed by atoms with Crippen LogP contribution in [0, 0.1) is 6.92 Å². The van der Waals surface area contributed by atoms with Gasteiger partial charge < -0.3 is 14.4 Å². The fraction of sp³-hybridized carbons (Fsp3) is 0.150. The summed E-state index contributed by atoms with van der Waals surface area (Å²) in [5.41, 5.74) is 2.44. The number of carboxylic acid groups (broad SMARTS) is 1. The smallest absolute Gasteiger partial charge is 0.412 e. The standard InChI is InChI=1S/C20H17BrN2O5/c1-11-17(18(28-23-11)14-3-5-15(6-4-14)19(24)25)22-20(26)27-12(2)13-7-9-16(21)10-8-13/h3-10,12H,1-2H3,(H,22,26)(H,24,25)/t12-/m1/s1. The molecule has 3 rings (SSSR count). The van der Waals surface area contributed by atoms with Gasteiger partial charge in [0.15, 0.2) is 5.76 Å². The highest BCUT2D eigenvalue weighted by molar-refractivity contribution is 9.10. The third-order valence-corrected chi connectivity index (χ3v) is 4.64. The van der Waals surface area contributed by atoms with Gasteiger partial charge >= 0.3 is 12.1 Å². The van der Waals surface area contributed by atoms with Crippen molar-refractivity contribution >= 4 is 33.7 Å². The number of anilines is 1. The van der Waals surface area contributed by atoms with Crippen LogP contribution in [0.1, 0.15) is 34.6 Å². The van der Waals surface area contributed by atoms with Crippen molar-refractivity contribution < 1.29 is 24.0 Å². The van der Waals surface area contributed by atoms with Crippen LogP contribution in [-0.2, 0) is 4.74 Å². The minimum absolute atomic E-state index is 0.150. The van der Waals surface area contributed by atoms with Gasteiger partial charge in [-0.25, -0.2) is 9.59 Å². The first-order chi connectivity index (χ1) is 13.3. The van der Waals surface area contributed by atoms with Crippen LogP contribution < -0.4 is 5.32 Å². The molecule has 0 aliphatic heterocycles. The largest absolute Gasteiger partial charge is 0.478 e. The van der Waals surface area contributed by atoms with Crippen LogP contribution in [0.2, 0.25) is 0 Å². The number of rotatable bonds is 5. The molecule has 28 heavy (non-hydrogen) atoms. The molecular weight excluding hydrogens is 428 g/mol. The van der Waals surface area contributed by atoms with Gasteiger partial charge in [0, 0.05) is 10.0 Å². The van der Waals surface area contributed by atoms with Gasteiger partial charge in [0.05, 0.1) is 5.56 Å². The average Bonchev–Trinajstić information content (AvgIpc) is 3.02. The fourth-order valence-electron chi connectivity index (χ4n) is 2.57. The lowest BCUT2D eigenvalue weighted by Gasteiger charge is -2.14. The Kier molecular flexibility index (Phi) is 5.79. The van der Waals surface area contributed by atoms with Crippen molar-refractivity contribution in [3.8, 4) is 11.3 Å². The molecule has 2 N–H and O–H groups in total. The summed E-state index contributed by atoms with van der Waals surface area (Å²) in [7, 11) is 0. The van der Waals surface area contributed by atoms with Crippen LogP contribution in [-0.4, -0.2) is 22.3 Å². The number of halogens is 1. The molecule has 144 valence electrons. The van der Waals surface area contributed by atoms with E-state index in [1.165, 1.54) is 12.1 Å². The zero-order chi connectivity index (χ0) is 20.3. The van der Waals surface area contributed by atoms with Crippen LogP contribution in [0.4, 0.5) is 10.5 Å². The van der Waals surface area contributed by atoms with Gasteiger partial charge in [-0.05, 0) is 43.7 Å². The maximum absolute atomic E-state index is 12.4. The number of hydrogen-bond donors (Lipinski definition) is 2. The Hall–Kier alpha value is -3.13. The number of aromatic nitrogens is 1. The molecule has 7 nitrogen and oxygen atoms in total. The minimum Gasteiger partial charge on any atom is -0.478 e. The number of aromatic carboxylic acids is 1. The molecule has 0 spiro atoms. The van der Waals surface area contributed by atoms with E-state index in [-0.39, 0.29) is 5.56 Å². The van der Waals surface area contributed by atoms with Crippen LogP contribution in [0.15, 0.2) is 57.5 Å². The monoisotopic (exact) mass is 444 g/mol. The third kappa shape index (κ3) is 4.40. The summed E-state index contributed by atoms with van der Waals surface area (Å²) in [5.74, 6) is -0.702. The molecule has 1 aromatic heterocycles. The number of ether oxygens (including phenoxy) is 1. The van der Waals surface area contributed by atoms with Crippen molar-refractivity contribution in [2.24, 2.45) is 0 Å². The molecule has 3 aromatic rings. The van der Waals surface area contributed by atoms with Crippen molar-refractivity contribution in [1.82, 2.24) is 5.16 Å². The Morgan fingerprint density at radius 1 is 1.14 bits per heavy atom. The van der Waals surface area contributed by atoms with Crippen LogP contribution in [0.25, 0.3) is 11.3 Å². The quantitative estimate of drug-likeness (QED) is 0.544. The van der Waals surface area contributed by atoms with Crippen molar-refractivity contribution in [3.05, 3.63) is 69.8 Å². The molecule has 1 amide bonds. The molecule has 0 aliphatic carbocycles. The number of hydrogen-bond acceptors (Lipinski definition) is 5. The van der Waals surface area contributed by atoms with Crippen molar-refractivity contribution in [1.29, 1.82) is 0 Å². The maximum Gasteiger partial charge on any atom is 0.412 e. The summed E-state index contributed by atoms with van der Waals surface area (Å²) in [6.45, 7) is 3.46. The fourth-order valence-corrected chi connectivity index (χ4v) is 2.84. The number of carbonyl (C=O) groups excluding carboxylic acids is 1. The predicted octanol–water partition coefficient (Wildman–Crippen LogP) is 5.42. The summed E-state index contributed by atoms with van der Waals surface area (Å²) < 4.78 is 11.7. The Labute approximate surface area is 169 Å². The van der Waals surface area contributed by atoms with E-state index in [1.807, 2.05) is 24.3 Å². The summed E-state index contributed by atoms with van der Waals surface area (Å²) >= 11 is 3.37. The molecule has 1 atom stereocenters. The summed E-state index contributed by atoms with van der Waals surface area (Å²) in [6, 6.07) is 13.5. The van der Waals surface area contributed by atoms with Gasteiger partial charge in [-0.3, -0.25) is 5.32 Å². The molecule has 8 heteroatoms. The molecular formula is C20H17BrN2O5. The topological polar surface area (TPSA) is 102 Å². The number of carboxylic acids is 1. The van der Waals surface area contributed by atoms with Gasteiger partial charge in [0.1, 0.15) is 17.5 Å². The minimum atomic E-state index is -1.02. The molecule has 0 saturated carbocycles. The van der Waals surface area contributed by atoms with Gasteiger partial charge in [-0.2, -0.15) is 0 Å². The van der Waals surface area contributed by atoms with Gasteiger partial charge in [-0.1, -0.05) is 45.4 Å². The van der Waals surface area contributed by atoms with Gasteiger partial charge in [0.25, 0.3) is 0 Å². The number of aryl methyl sites for hydroxylation is 1. The molecule has 0 saturated heterocycles. The molecule has 0 fully saturated rings. The number of nitrogens with one attached hydrogen (secondary N) is 1. The van der Waals surface area contributed by atoms with Crippen molar-refractivity contribution in [3.63, 3.8) is 0 Å². The van der Waals surface area contributed by atoms with Crippen LogP contribution in [0.5, 0.6) is 0 Å². The van der Waals surface area contributed by atoms with E-state index in [0.29, 0.717) is 22.7 Å². The highest BCUT2D eigenvalue weighted by Gasteiger charge is 2.20. The zero-order valence-corrected chi connectivity index (χ0v) is 16.7. The van der Waals surface area contributed by atoms with Crippen LogP contribution in [0.3, 0.4) is 0 Å². The molecule has 1 heterocycles. The Balaban J connectivity index is 1.75. The lowest BCUT2D eigenvalue weighted by Crippen LogP contribution is -2.16. The SMILES string of the molecule is Cc1noc(-c2ccc(C(=O)O)cc2)c1NC(=O)O[C@H](C)c1ccc(Br)cc1. The Bertz CT molecular complexity index is 996. The van der Waals surface area contributed by atoms with E-state index >= 15 is 0 Å². The number of amides is 1. The summed E-state index contributed by atoms with van der Waals surface area (Å²) in [4.78, 5) is 23.3. The van der Waals surface area contributed by atoms with Crippen LogP contribution >= 0.6 is 15.9 Å². The highest BCUT2D eigenvalue weighted by atomic mass is 79.9. The second-order valence-electron chi connectivity index (χ2n) is 6.08. The average molecular weight is 445 g/mol. The second-order valence-corrected chi connectivity index (χ2v) is 6.99. The van der Waals surface area contributed by atoms with E-state index in [1.54, 1.807) is 26.0 Å². The number of carbonyl (C=O) groups is 2. The zero-order valence-electron chi connectivity index (χ0n) is 15.1. The van der Waals surface area contributed by atoms with E-state index in [2.05, 4.69) is 26.4 Å². The molecule has 0 bridgehead atoms. The van der Waals surface area contributed by atoms with E-state index in [4.69, 9.17) is 14.4 Å². The molecule has 2 aromatic carbocycles. The first-order valence-electron chi connectivity index (χ1n) is 8.38. The Morgan fingerprint density at radius 3 is 2.39 bits per heavy atom. The normalized spacial score (nSPS) is 11.7. The van der Waals surface area contributed by atoms with Gasteiger partial charge in [0.2, 0.25) is 0 Å². The first kappa shape index (κ1) is 19.6. The van der Waals surface area contributed by atoms with Crippen molar-refractivity contribution in [2.45, 2.75) is 20.0 Å². The molecule has 0 aliphatic rings. The summed E-state index contributed by atoms with van der Waals surface area (Å²) in [5, 5.41) is 15.6.